The minimum Gasteiger partial charge on any atom is -0.486 e. The number of benzene rings is 3. The van der Waals surface area contributed by atoms with Crippen molar-refractivity contribution in [3.8, 4) is 28.6 Å². The van der Waals surface area contributed by atoms with E-state index in [-0.39, 0.29) is 58.7 Å². The highest BCUT2D eigenvalue weighted by molar-refractivity contribution is 7.92. The molecule has 2 heterocycles. The molecule has 0 amide bonds. The molecule has 1 aromatic heterocycles. The van der Waals surface area contributed by atoms with Gasteiger partial charge < -0.3 is 14.4 Å². The van der Waals surface area contributed by atoms with Gasteiger partial charge in [0.1, 0.15) is 17.7 Å². The molecule has 0 saturated carbocycles. The fourth-order valence-corrected chi connectivity index (χ4v) is 5.94. The van der Waals surface area contributed by atoms with Crippen molar-refractivity contribution in [1.29, 1.82) is 0 Å². The van der Waals surface area contributed by atoms with Gasteiger partial charge in [-0.25, -0.2) is 12.8 Å². The maximum atomic E-state index is 13.9. The first-order chi connectivity index (χ1) is 19.3. The average molecular weight is 612 g/mol. The Morgan fingerprint density at radius 2 is 1.88 bits per heavy atom. The van der Waals surface area contributed by atoms with Crippen LogP contribution in [0.4, 0.5) is 23.2 Å². The number of alkyl halides is 3. The summed E-state index contributed by atoms with van der Waals surface area (Å²) in [5.74, 6) is -1.92. The van der Waals surface area contributed by atoms with E-state index < -0.39 is 44.5 Å². The quantitative estimate of drug-likeness (QED) is 0.251. The van der Waals surface area contributed by atoms with E-state index in [4.69, 9.17) is 26.0 Å². The summed E-state index contributed by atoms with van der Waals surface area (Å²) < 4.78 is 93.3. The molecule has 4 aromatic rings. The lowest BCUT2D eigenvalue weighted by molar-refractivity contribution is -0.138. The second-order valence-electron chi connectivity index (χ2n) is 8.94. The number of fused-ring (bicyclic) bond motifs is 1. The highest BCUT2D eigenvalue weighted by Gasteiger charge is 2.37. The zero-order valence-corrected chi connectivity index (χ0v) is 22.2. The molecule has 9 nitrogen and oxygen atoms in total. The Labute approximate surface area is 235 Å². The summed E-state index contributed by atoms with van der Waals surface area (Å²) in [6, 6.07) is 11.5. The molecule has 0 aliphatic carbocycles. The summed E-state index contributed by atoms with van der Waals surface area (Å²) in [5.41, 5.74) is -0.829. The second-order valence-corrected chi connectivity index (χ2v) is 11.2. The average Bonchev–Trinajstić information content (AvgIpc) is 3.42. The number of hydrogen-bond acceptors (Lipinski definition) is 7. The highest BCUT2D eigenvalue weighted by atomic mass is 35.5. The number of aromatic nitrogens is 2. The molecule has 0 saturated heterocycles. The second kappa shape index (κ2) is 10.7. The Bertz CT molecular complexity index is 1750. The lowest BCUT2D eigenvalue weighted by Crippen LogP contribution is -2.43. The van der Waals surface area contributed by atoms with Gasteiger partial charge in [0.2, 0.25) is 5.82 Å². The van der Waals surface area contributed by atoms with Crippen LogP contribution in [0.1, 0.15) is 18.4 Å². The molecular formula is C26H18ClF4N3O6S. The molecule has 0 spiro atoms. The first kappa shape index (κ1) is 28.4. The van der Waals surface area contributed by atoms with E-state index >= 15 is 0 Å². The number of sulfonamides is 1. The van der Waals surface area contributed by atoms with Crippen LogP contribution in [-0.4, -0.2) is 42.3 Å². The van der Waals surface area contributed by atoms with Crippen LogP contribution in [0.2, 0.25) is 5.02 Å². The number of carboxylic acids is 1. The molecule has 0 radical (unpaired) electrons. The van der Waals surface area contributed by atoms with Gasteiger partial charge in [-0.2, -0.15) is 18.2 Å². The fraction of sp³-hybridized carbons (Fsp3) is 0.192. The van der Waals surface area contributed by atoms with E-state index in [2.05, 4.69) is 10.1 Å². The van der Waals surface area contributed by atoms with Crippen molar-refractivity contribution in [1.82, 2.24) is 10.1 Å². The van der Waals surface area contributed by atoms with Gasteiger partial charge in [0.05, 0.1) is 33.3 Å². The zero-order valence-electron chi connectivity index (χ0n) is 20.6. The number of nitrogens with zero attached hydrogens (tertiary/aromatic N) is 3. The molecule has 214 valence electrons. The van der Waals surface area contributed by atoms with E-state index in [0.29, 0.717) is 6.07 Å². The molecule has 5 rings (SSSR count). The van der Waals surface area contributed by atoms with Crippen LogP contribution in [0.25, 0.3) is 22.8 Å². The van der Waals surface area contributed by atoms with Crippen LogP contribution < -0.4 is 9.04 Å². The molecule has 1 atom stereocenters. The number of aliphatic carboxylic acids is 1. The monoisotopic (exact) mass is 611 g/mol. The number of carbonyl (C=O) groups is 1. The summed E-state index contributed by atoms with van der Waals surface area (Å²) in [6.07, 6.45) is -6.08. The van der Waals surface area contributed by atoms with Gasteiger partial charge in [0.15, 0.2) is 0 Å². The molecule has 15 heteroatoms. The minimum absolute atomic E-state index is 0.0208. The van der Waals surface area contributed by atoms with E-state index in [9.17, 15) is 30.8 Å². The van der Waals surface area contributed by atoms with E-state index in [1.165, 1.54) is 30.3 Å². The first-order valence-electron chi connectivity index (χ1n) is 11.9. The minimum atomic E-state index is -4.79. The SMILES string of the molecule is O=C(O)CC[C@@H]1CN(S(=O)(=O)c2cccc(C(F)(F)F)c2)c2cc(-c3noc(-c4cccc(F)c4Cl)n3)ccc2O1. The van der Waals surface area contributed by atoms with Gasteiger partial charge in [-0.1, -0.05) is 28.9 Å². The van der Waals surface area contributed by atoms with E-state index in [0.717, 1.165) is 28.6 Å². The van der Waals surface area contributed by atoms with Crippen molar-refractivity contribution in [2.45, 2.75) is 30.0 Å². The highest BCUT2D eigenvalue weighted by Crippen LogP contribution is 2.41. The smallest absolute Gasteiger partial charge is 0.416 e. The third-order valence-electron chi connectivity index (χ3n) is 6.19. The van der Waals surface area contributed by atoms with Gasteiger partial charge in [-0.3, -0.25) is 9.10 Å². The number of rotatable bonds is 7. The Hall–Kier alpha value is -4.17. The summed E-state index contributed by atoms with van der Waals surface area (Å²) >= 11 is 6.00. The largest absolute Gasteiger partial charge is 0.486 e. The normalized spacial score (nSPS) is 15.3. The van der Waals surface area contributed by atoms with Crippen LogP contribution in [-0.2, 0) is 21.0 Å². The molecular weight excluding hydrogens is 594 g/mol. The number of carboxylic acid groups (broad SMARTS) is 1. The van der Waals surface area contributed by atoms with Gasteiger partial charge in [-0.15, -0.1) is 0 Å². The third kappa shape index (κ3) is 5.70. The van der Waals surface area contributed by atoms with Crippen LogP contribution in [0.5, 0.6) is 5.75 Å². The Morgan fingerprint density at radius 1 is 1.12 bits per heavy atom. The van der Waals surface area contributed by atoms with Gasteiger partial charge >= 0.3 is 12.1 Å². The number of ether oxygens (including phenoxy) is 1. The summed E-state index contributed by atoms with van der Waals surface area (Å²) in [7, 11) is -4.59. The Morgan fingerprint density at radius 3 is 2.61 bits per heavy atom. The predicted octanol–water partition coefficient (Wildman–Crippen LogP) is 6.04. The number of anilines is 1. The molecule has 1 aliphatic rings. The number of halogens is 5. The predicted molar refractivity (Wildman–Crippen MR) is 137 cm³/mol. The summed E-state index contributed by atoms with van der Waals surface area (Å²) in [6.45, 7) is -0.376. The van der Waals surface area contributed by atoms with Gasteiger partial charge in [-0.05, 0) is 55.0 Å². The van der Waals surface area contributed by atoms with Crippen molar-refractivity contribution < 1.29 is 45.1 Å². The van der Waals surface area contributed by atoms with Crippen LogP contribution in [0.3, 0.4) is 0 Å². The molecule has 0 unspecified atom stereocenters. The fourth-order valence-electron chi connectivity index (χ4n) is 4.19. The van der Waals surface area contributed by atoms with Crippen LogP contribution in [0.15, 0.2) is 70.1 Å². The Balaban J connectivity index is 1.57. The molecule has 3 aromatic carbocycles. The maximum Gasteiger partial charge on any atom is 0.416 e. The van der Waals surface area contributed by atoms with Gasteiger partial charge in [0, 0.05) is 12.0 Å². The standard InChI is InChI=1S/C26H18ClF4N3O6S/c27-23-18(5-2-6-19(23)28)25-32-24(33-40-25)14-7-9-21-20(11-14)34(13-16(39-21)8-10-22(35)36)41(37,38)17-4-1-3-15(12-17)26(29,30)31/h1-7,9,11-12,16H,8,10,13H2,(H,35,36)/t16-/m1/s1. The lowest BCUT2D eigenvalue weighted by Gasteiger charge is -2.35. The van der Waals surface area contributed by atoms with Crippen molar-refractivity contribution in [3.05, 3.63) is 77.1 Å². The first-order valence-corrected chi connectivity index (χ1v) is 13.7. The Kier molecular flexibility index (Phi) is 7.38. The van der Waals surface area contributed by atoms with Crippen molar-refractivity contribution >= 4 is 33.3 Å². The van der Waals surface area contributed by atoms with E-state index in [1.54, 1.807) is 0 Å². The summed E-state index contributed by atoms with van der Waals surface area (Å²) in [4.78, 5) is 14.7. The maximum absolute atomic E-state index is 13.9. The molecule has 41 heavy (non-hydrogen) atoms. The van der Waals surface area contributed by atoms with Crippen molar-refractivity contribution in [2.75, 3.05) is 10.8 Å². The van der Waals surface area contributed by atoms with Crippen LogP contribution >= 0.6 is 11.6 Å². The summed E-state index contributed by atoms with van der Waals surface area (Å²) in [5, 5.41) is 12.7. The zero-order chi connectivity index (χ0) is 29.5. The van der Waals surface area contributed by atoms with Crippen molar-refractivity contribution in [3.63, 3.8) is 0 Å². The third-order valence-corrected chi connectivity index (χ3v) is 8.35. The van der Waals surface area contributed by atoms with Crippen molar-refractivity contribution in [2.24, 2.45) is 0 Å². The lowest BCUT2D eigenvalue weighted by atomic mass is 10.1. The molecule has 0 bridgehead atoms. The van der Waals surface area contributed by atoms with Crippen LogP contribution in [0, 0.1) is 5.82 Å². The molecule has 0 fully saturated rings. The number of hydrogen-bond donors (Lipinski definition) is 1. The molecule has 1 N–H and O–H groups in total. The van der Waals surface area contributed by atoms with E-state index in [1.807, 2.05) is 0 Å². The molecule has 1 aliphatic heterocycles. The van der Waals surface area contributed by atoms with Gasteiger partial charge in [0.25, 0.3) is 15.9 Å². The topological polar surface area (TPSA) is 123 Å².